The minimum Gasteiger partial charge on any atom is -0.479 e. The van der Waals surface area contributed by atoms with Crippen LogP contribution < -0.4 is 5.73 Å². The number of carboxylic acid groups (broad SMARTS) is 1. The fourth-order valence-electron chi connectivity index (χ4n) is 3.34. The summed E-state index contributed by atoms with van der Waals surface area (Å²) in [7, 11) is 0. The molecular formula is C20H40N2O3. The van der Waals surface area contributed by atoms with Crippen molar-refractivity contribution in [2.45, 2.75) is 91.1 Å². The molecule has 0 aromatic rings. The third kappa shape index (κ3) is 8.32. The van der Waals surface area contributed by atoms with Crippen LogP contribution in [0.1, 0.15) is 85.5 Å². The van der Waals surface area contributed by atoms with E-state index in [1.165, 1.54) is 0 Å². The van der Waals surface area contributed by atoms with Crippen molar-refractivity contribution in [2.24, 2.45) is 17.6 Å². The quantitative estimate of drug-likeness (QED) is 0.322. The van der Waals surface area contributed by atoms with Gasteiger partial charge < -0.3 is 15.6 Å². The largest absolute Gasteiger partial charge is 0.479 e. The van der Waals surface area contributed by atoms with Gasteiger partial charge in [0.2, 0.25) is 0 Å². The number of carbonyl (C=O) groups excluding carboxylic acids is 1. The zero-order chi connectivity index (χ0) is 19.3. The fraction of sp³-hybridized carbons (Fsp3) is 0.900. The van der Waals surface area contributed by atoms with Crippen molar-refractivity contribution >= 4 is 12.3 Å². The third-order valence-electron chi connectivity index (χ3n) is 5.37. The number of rotatable bonds is 16. The summed E-state index contributed by atoms with van der Waals surface area (Å²) in [5.41, 5.74) is 4.66. The van der Waals surface area contributed by atoms with Crippen LogP contribution in [0.4, 0.5) is 0 Å². The molecule has 0 aromatic carbocycles. The molecule has 0 aliphatic heterocycles. The lowest BCUT2D eigenvalue weighted by molar-refractivity contribution is -0.154. The molecule has 0 spiro atoms. The summed E-state index contributed by atoms with van der Waals surface area (Å²) in [5, 5.41) is 9.73. The van der Waals surface area contributed by atoms with Gasteiger partial charge in [-0.2, -0.15) is 0 Å². The number of aldehydes is 1. The Morgan fingerprint density at radius 2 is 1.48 bits per heavy atom. The monoisotopic (exact) mass is 356 g/mol. The predicted octanol–water partition coefficient (Wildman–Crippen LogP) is 4.05. The summed E-state index contributed by atoms with van der Waals surface area (Å²) in [6, 6.07) is 0. The minimum atomic E-state index is -1.60. The van der Waals surface area contributed by atoms with E-state index in [4.69, 9.17) is 5.73 Å². The number of carboxylic acids is 1. The van der Waals surface area contributed by atoms with Crippen LogP contribution in [0.25, 0.3) is 0 Å². The van der Waals surface area contributed by atoms with Crippen LogP contribution in [-0.2, 0) is 9.59 Å². The Hall–Kier alpha value is -0.940. The van der Waals surface area contributed by atoms with Crippen molar-refractivity contribution in [1.82, 2.24) is 4.90 Å². The van der Waals surface area contributed by atoms with E-state index in [-0.39, 0.29) is 6.42 Å². The van der Waals surface area contributed by atoms with Gasteiger partial charge in [-0.05, 0) is 24.7 Å². The summed E-state index contributed by atoms with van der Waals surface area (Å²) in [6.45, 7) is 9.92. The molecule has 5 nitrogen and oxygen atoms in total. The molecule has 25 heavy (non-hydrogen) atoms. The molecule has 3 unspecified atom stereocenters. The van der Waals surface area contributed by atoms with Crippen LogP contribution in [0.5, 0.6) is 0 Å². The summed E-state index contributed by atoms with van der Waals surface area (Å²) in [6.07, 6.45) is 9.15. The molecule has 0 heterocycles. The number of hydrogen-bond acceptors (Lipinski definition) is 4. The molecule has 0 radical (unpaired) electrons. The number of unbranched alkanes of at least 4 members (excludes halogenated alkanes) is 2. The maximum Gasteiger partial charge on any atom is 0.339 e. The SMILES string of the molecule is CCCCC(CC)CN(CC(CC)CCCC)C(N)(CC=O)C(=O)O. The van der Waals surface area contributed by atoms with Gasteiger partial charge in [0.25, 0.3) is 0 Å². The number of carbonyl (C=O) groups is 2. The lowest BCUT2D eigenvalue weighted by atomic mass is 9.92. The number of aliphatic carboxylic acids is 1. The molecule has 0 rings (SSSR count). The molecule has 3 N–H and O–H groups in total. The van der Waals surface area contributed by atoms with E-state index in [2.05, 4.69) is 27.7 Å². The van der Waals surface area contributed by atoms with E-state index in [9.17, 15) is 14.7 Å². The Bertz CT molecular complexity index is 358. The smallest absolute Gasteiger partial charge is 0.339 e. The van der Waals surface area contributed by atoms with Gasteiger partial charge in [-0.3, -0.25) is 4.90 Å². The molecule has 0 aliphatic carbocycles. The Morgan fingerprint density at radius 1 is 1.04 bits per heavy atom. The number of nitrogens with zero attached hydrogens (tertiary/aromatic N) is 1. The molecule has 0 aliphatic rings. The summed E-state index contributed by atoms with van der Waals surface area (Å²) >= 11 is 0. The first kappa shape index (κ1) is 24.1. The van der Waals surface area contributed by atoms with Crippen molar-refractivity contribution in [3.63, 3.8) is 0 Å². The van der Waals surface area contributed by atoms with Crippen molar-refractivity contribution in [2.75, 3.05) is 13.1 Å². The average Bonchev–Trinajstić information content (AvgIpc) is 2.60. The van der Waals surface area contributed by atoms with E-state index < -0.39 is 11.6 Å². The van der Waals surface area contributed by atoms with E-state index >= 15 is 0 Å². The second-order valence-corrected chi connectivity index (χ2v) is 7.34. The topological polar surface area (TPSA) is 83.6 Å². The van der Waals surface area contributed by atoms with Gasteiger partial charge in [0, 0.05) is 19.5 Å². The first-order valence-corrected chi connectivity index (χ1v) is 10.1. The highest BCUT2D eigenvalue weighted by Crippen LogP contribution is 2.24. The van der Waals surface area contributed by atoms with Gasteiger partial charge in [0.1, 0.15) is 6.29 Å². The standard InChI is InChI=1S/C20H40N2O3/c1-5-9-11-17(7-3)15-22(16-18(8-4)12-10-6-2)20(21,13-14-23)19(24)25/h14,17-18H,5-13,15-16,21H2,1-4H3,(H,24,25). The van der Waals surface area contributed by atoms with Crippen LogP contribution in [0, 0.1) is 11.8 Å². The second kappa shape index (κ2) is 13.3. The van der Waals surface area contributed by atoms with Crippen molar-refractivity contribution < 1.29 is 14.7 Å². The maximum absolute atomic E-state index is 11.9. The summed E-state index contributed by atoms with van der Waals surface area (Å²) < 4.78 is 0. The van der Waals surface area contributed by atoms with Crippen LogP contribution in [0.3, 0.4) is 0 Å². The Morgan fingerprint density at radius 3 is 1.76 bits per heavy atom. The third-order valence-corrected chi connectivity index (χ3v) is 5.37. The van der Waals surface area contributed by atoms with Gasteiger partial charge in [-0.25, -0.2) is 4.79 Å². The van der Waals surface area contributed by atoms with Gasteiger partial charge in [0.15, 0.2) is 5.66 Å². The predicted molar refractivity (Wildman–Crippen MR) is 103 cm³/mol. The molecule has 0 aromatic heterocycles. The van der Waals surface area contributed by atoms with E-state index in [1.807, 2.05) is 4.90 Å². The molecule has 0 bridgehead atoms. The van der Waals surface area contributed by atoms with E-state index in [1.54, 1.807) is 0 Å². The minimum absolute atomic E-state index is 0.170. The molecule has 0 saturated carbocycles. The van der Waals surface area contributed by atoms with Crippen LogP contribution >= 0.6 is 0 Å². The van der Waals surface area contributed by atoms with Crippen molar-refractivity contribution in [1.29, 1.82) is 0 Å². The molecule has 3 atom stereocenters. The molecule has 0 saturated heterocycles. The Kier molecular flexibility index (Phi) is 12.8. The summed E-state index contributed by atoms with van der Waals surface area (Å²) in [5.74, 6) is -0.273. The van der Waals surface area contributed by atoms with Crippen molar-refractivity contribution in [3.05, 3.63) is 0 Å². The van der Waals surface area contributed by atoms with Gasteiger partial charge in [0.05, 0.1) is 0 Å². The van der Waals surface area contributed by atoms with Crippen LogP contribution in [0.2, 0.25) is 0 Å². The fourth-order valence-corrected chi connectivity index (χ4v) is 3.34. The maximum atomic E-state index is 11.9. The summed E-state index contributed by atoms with van der Waals surface area (Å²) in [4.78, 5) is 24.9. The van der Waals surface area contributed by atoms with Crippen LogP contribution in [-0.4, -0.2) is 41.0 Å². The highest BCUT2D eigenvalue weighted by atomic mass is 16.4. The van der Waals surface area contributed by atoms with Crippen LogP contribution in [0.15, 0.2) is 0 Å². The highest BCUT2D eigenvalue weighted by Gasteiger charge is 2.41. The van der Waals surface area contributed by atoms with E-state index in [0.717, 1.165) is 51.4 Å². The number of nitrogens with two attached hydrogens (primary N) is 1. The van der Waals surface area contributed by atoms with Gasteiger partial charge >= 0.3 is 5.97 Å². The molecule has 5 heteroatoms. The highest BCUT2D eigenvalue weighted by molar-refractivity contribution is 5.81. The normalized spacial score (nSPS) is 16.4. The lowest BCUT2D eigenvalue weighted by Gasteiger charge is -2.40. The zero-order valence-electron chi connectivity index (χ0n) is 16.8. The van der Waals surface area contributed by atoms with E-state index in [0.29, 0.717) is 31.2 Å². The molecule has 148 valence electrons. The molecule has 0 amide bonds. The lowest BCUT2D eigenvalue weighted by Crippen LogP contribution is -2.63. The zero-order valence-corrected chi connectivity index (χ0v) is 16.8. The van der Waals surface area contributed by atoms with Crippen molar-refractivity contribution in [3.8, 4) is 0 Å². The first-order valence-electron chi connectivity index (χ1n) is 10.1. The molecular weight excluding hydrogens is 316 g/mol. The van der Waals surface area contributed by atoms with Gasteiger partial charge in [-0.1, -0.05) is 66.2 Å². The Labute approximate surface area is 154 Å². The number of hydrogen-bond donors (Lipinski definition) is 2. The first-order chi connectivity index (χ1) is 11.9. The average molecular weight is 357 g/mol. The molecule has 0 fully saturated rings. The van der Waals surface area contributed by atoms with Gasteiger partial charge in [-0.15, -0.1) is 0 Å². The second-order valence-electron chi connectivity index (χ2n) is 7.34. The Balaban J connectivity index is 5.37.